The summed E-state index contributed by atoms with van der Waals surface area (Å²) in [5, 5.41) is 14.0. The van der Waals surface area contributed by atoms with E-state index in [0.29, 0.717) is 24.8 Å². The average molecular weight is 238 g/mol. The molecule has 1 unspecified atom stereocenters. The van der Waals surface area contributed by atoms with Crippen LogP contribution in [0.3, 0.4) is 0 Å². The summed E-state index contributed by atoms with van der Waals surface area (Å²) < 4.78 is 5.03. The van der Waals surface area contributed by atoms with Gasteiger partial charge in [-0.3, -0.25) is 10.1 Å². The Morgan fingerprint density at radius 1 is 1.53 bits per heavy atom. The number of ether oxygens (including phenoxy) is 1. The molecule has 1 aromatic rings. The van der Waals surface area contributed by atoms with Crippen LogP contribution in [-0.2, 0) is 4.74 Å². The second-order valence-electron chi connectivity index (χ2n) is 4.17. The van der Waals surface area contributed by atoms with Crippen LogP contribution in [0, 0.1) is 23.0 Å². The van der Waals surface area contributed by atoms with Crippen LogP contribution in [0.15, 0.2) is 18.2 Å². The fraction of sp³-hybridized carbons (Fsp3) is 0.500. The van der Waals surface area contributed by atoms with Gasteiger partial charge in [0.25, 0.3) is 5.69 Å². The van der Waals surface area contributed by atoms with E-state index in [1.807, 2.05) is 19.9 Å². The number of para-hydroxylation sites is 1. The van der Waals surface area contributed by atoms with Crippen LogP contribution in [0.5, 0.6) is 0 Å². The van der Waals surface area contributed by atoms with Crippen molar-refractivity contribution in [1.29, 1.82) is 0 Å². The van der Waals surface area contributed by atoms with Gasteiger partial charge in [-0.15, -0.1) is 0 Å². The zero-order valence-corrected chi connectivity index (χ0v) is 10.4. The van der Waals surface area contributed by atoms with Crippen LogP contribution in [0.25, 0.3) is 0 Å². The van der Waals surface area contributed by atoms with Gasteiger partial charge in [-0.25, -0.2) is 0 Å². The Bertz CT molecular complexity index is 393. The zero-order chi connectivity index (χ0) is 12.8. The summed E-state index contributed by atoms with van der Waals surface area (Å²) in [5.41, 5.74) is 1.60. The number of nitro groups is 1. The van der Waals surface area contributed by atoms with Crippen molar-refractivity contribution in [3.05, 3.63) is 33.9 Å². The summed E-state index contributed by atoms with van der Waals surface area (Å²) >= 11 is 0. The number of benzene rings is 1. The number of hydrogen-bond donors (Lipinski definition) is 1. The van der Waals surface area contributed by atoms with Crippen LogP contribution in [-0.4, -0.2) is 25.2 Å². The molecule has 0 saturated carbocycles. The van der Waals surface area contributed by atoms with Gasteiger partial charge in [-0.1, -0.05) is 19.1 Å². The minimum absolute atomic E-state index is 0.120. The number of nitrogens with one attached hydrogen (secondary N) is 1. The second kappa shape index (κ2) is 6.20. The highest BCUT2D eigenvalue weighted by molar-refractivity contribution is 5.65. The van der Waals surface area contributed by atoms with E-state index in [0.717, 1.165) is 5.56 Å². The van der Waals surface area contributed by atoms with E-state index in [4.69, 9.17) is 4.74 Å². The lowest BCUT2D eigenvalue weighted by atomic mass is 10.1. The average Bonchev–Trinajstić information content (AvgIpc) is 2.27. The first-order valence-electron chi connectivity index (χ1n) is 5.53. The topological polar surface area (TPSA) is 64.4 Å². The Balaban J connectivity index is 2.79. The maximum absolute atomic E-state index is 10.9. The summed E-state index contributed by atoms with van der Waals surface area (Å²) in [4.78, 5) is 10.5. The molecule has 0 aliphatic carbocycles. The number of methoxy groups -OCH3 is 1. The Morgan fingerprint density at radius 2 is 2.24 bits per heavy atom. The molecule has 17 heavy (non-hydrogen) atoms. The molecule has 5 nitrogen and oxygen atoms in total. The van der Waals surface area contributed by atoms with Gasteiger partial charge < -0.3 is 10.1 Å². The van der Waals surface area contributed by atoms with Crippen LogP contribution in [0.4, 0.5) is 11.4 Å². The van der Waals surface area contributed by atoms with Crippen molar-refractivity contribution in [2.24, 2.45) is 5.92 Å². The molecule has 0 spiro atoms. The molecule has 0 amide bonds. The molecule has 0 saturated heterocycles. The number of aryl methyl sites for hydroxylation is 1. The van der Waals surface area contributed by atoms with Gasteiger partial charge in [0.2, 0.25) is 0 Å². The van der Waals surface area contributed by atoms with Gasteiger partial charge in [0, 0.05) is 19.7 Å². The Morgan fingerprint density at radius 3 is 2.82 bits per heavy atom. The molecule has 0 heterocycles. The number of rotatable bonds is 6. The molecular formula is C12H18N2O3. The first-order valence-corrected chi connectivity index (χ1v) is 5.53. The zero-order valence-electron chi connectivity index (χ0n) is 10.4. The Hall–Kier alpha value is -1.62. The highest BCUT2D eigenvalue weighted by Gasteiger charge is 2.15. The summed E-state index contributed by atoms with van der Waals surface area (Å²) in [6.07, 6.45) is 0. The third-order valence-electron chi connectivity index (χ3n) is 2.53. The van der Waals surface area contributed by atoms with Gasteiger partial charge in [-0.2, -0.15) is 0 Å². The molecule has 1 atom stereocenters. The maximum Gasteiger partial charge on any atom is 0.292 e. The third kappa shape index (κ3) is 3.71. The number of nitro benzene ring substituents is 1. The molecule has 5 heteroatoms. The molecule has 1 N–H and O–H groups in total. The molecule has 0 aliphatic rings. The molecule has 94 valence electrons. The highest BCUT2D eigenvalue weighted by Crippen LogP contribution is 2.27. The number of anilines is 1. The first-order chi connectivity index (χ1) is 8.06. The predicted molar refractivity (Wildman–Crippen MR) is 67.4 cm³/mol. The predicted octanol–water partition coefficient (Wildman–Crippen LogP) is 2.60. The van der Waals surface area contributed by atoms with Gasteiger partial charge >= 0.3 is 0 Å². The van der Waals surface area contributed by atoms with E-state index < -0.39 is 0 Å². The van der Waals surface area contributed by atoms with E-state index in [1.54, 1.807) is 13.2 Å². The van der Waals surface area contributed by atoms with Crippen molar-refractivity contribution in [3.8, 4) is 0 Å². The summed E-state index contributed by atoms with van der Waals surface area (Å²) in [5.74, 6) is 0.305. The standard InChI is InChI=1S/C12H18N2O3/c1-9(8-17-3)7-13-12-10(2)5-4-6-11(12)14(15)16/h4-6,9,13H,7-8H2,1-3H3. The molecule has 1 rings (SSSR count). The monoisotopic (exact) mass is 238 g/mol. The largest absolute Gasteiger partial charge is 0.384 e. The summed E-state index contributed by atoms with van der Waals surface area (Å²) in [6, 6.07) is 5.06. The summed E-state index contributed by atoms with van der Waals surface area (Å²) in [6.45, 7) is 5.17. The van der Waals surface area contributed by atoms with Gasteiger partial charge in [0.1, 0.15) is 5.69 Å². The molecule has 0 aliphatic heterocycles. The Kier molecular flexibility index (Phi) is 4.90. The highest BCUT2D eigenvalue weighted by atomic mass is 16.6. The molecule has 0 fully saturated rings. The van der Waals surface area contributed by atoms with Crippen LogP contribution < -0.4 is 5.32 Å². The van der Waals surface area contributed by atoms with Crippen molar-refractivity contribution >= 4 is 11.4 Å². The lowest BCUT2D eigenvalue weighted by Gasteiger charge is -2.14. The van der Waals surface area contributed by atoms with Crippen molar-refractivity contribution in [1.82, 2.24) is 0 Å². The number of nitrogens with zero attached hydrogens (tertiary/aromatic N) is 1. The molecule has 1 aromatic carbocycles. The van der Waals surface area contributed by atoms with Crippen LogP contribution in [0.1, 0.15) is 12.5 Å². The van der Waals surface area contributed by atoms with Crippen molar-refractivity contribution in [2.75, 3.05) is 25.6 Å². The lowest BCUT2D eigenvalue weighted by Crippen LogP contribution is -2.17. The summed E-state index contributed by atoms with van der Waals surface area (Å²) in [7, 11) is 1.65. The van der Waals surface area contributed by atoms with E-state index in [-0.39, 0.29) is 10.6 Å². The molecular weight excluding hydrogens is 220 g/mol. The molecule has 0 aromatic heterocycles. The van der Waals surface area contributed by atoms with E-state index >= 15 is 0 Å². The fourth-order valence-electron chi connectivity index (χ4n) is 1.65. The van der Waals surface area contributed by atoms with Gasteiger partial charge in [0.05, 0.1) is 11.5 Å². The lowest BCUT2D eigenvalue weighted by molar-refractivity contribution is -0.384. The minimum atomic E-state index is -0.365. The van der Waals surface area contributed by atoms with Crippen molar-refractivity contribution in [2.45, 2.75) is 13.8 Å². The number of hydrogen-bond acceptors (Lipinski definition) is 4. The normalized spacial score (nSPS) is 12.2. The smallest absolute Gasteiger partial charge is 0.292 e. The first kappa shape index (κ1) is 13.4. The van der Waals surface area contributed by atoms with Crippen LogP contribution >= 0.6 is 0 Å². The van der Waals surface area contributed by atoms with E-state index in [1.165, 1.54) is 6.07 Å². The maximum atomic E-state index is 10.9. The van der Waals surface area contributed by atoms with Gasteiger partial charge in [0.15, 0.2) is 0 Å². The quantitative estimate of drug-likeness (QED) is 0.611. The SMILES string of the molecule is COCC(C)CNc1c(C)cccc1[N+](=O)[O-]. The van der Waals surface area contributed by atoms with Crippen LogP contribution in [0.2, 0.25) is 0 Å². The third-order valence-corrected chi connectivity index (χ3v) is 2.53. The molecule has 0 bridgehead atoms. The van der Waals surface area contributed by atoms with Crippen molar-refractivity contribution < 1.29 is 9.66 Å². The second-order valence-corrected chi connectivity index (χ2v) is 4.17. The van der Waals surface area contributed by atoms with E-state index in [9.17, 15) is 10.1 Å². The molecule has 0 radical (unpaired) electrons. The fourth-order valence-corrected chi connectivity index (χ4v) is 1.65. The minimum Gasteiger partial charge on any atom is -0.384 e. The van der Waals surface area contributed by atoms with Crippen molar-refractivity contribution in [3.63, 3.8) is 0 Å². The Labute approximate surface area is 101 Å². The van der Waals surface area contributed by atoms with Gasteiger partial charge in [-0.05, 0) is 18.4 Å². The van der Waals surface area contributed by atoms with E-state index in [2.05, 4.69) is 5.32 Å².